The molecule has 2 aromatic heterocycles. The average molecular weight is 272 g/mol. The van der Waals surface area contributed by atoms with E-state index < -0.39 is 0 Å². The van der Waals surface area contributed by atoms with E-state index in [1.54, 1.807) is 13.1 Å². The van der Waals surface area contributed by atoms with E-state index in [9.17, 15) is 4.79 Å². The summed E-state index contributed by atoms with van der Waals surface area (Å²) in [6.07, 6.45) is 0. The van der Waals surface area contributed by atoms with Crippen molar-refractivity contribution in [1.29, 1.82) is 0 Å². The lowest BCUT2D eigenvalue weighted by Gasteiger charge is -2.01. The molecule has 0 radical (unpaired) electrons. The first-order chi connectivity index (χ1) is 9.13. The Morgan fingerprint density at radius 2 is 1.79 bits per heavy atom. The van der Waals surface area contributed by atoms with Crippen molar-refractivity contribution in [3.63, 3.8) is 0 Å². The van der Waals surface area contributed by atoms with Gasteiger partial charge in [-0.3, -0.25) is 0 Å². The lowest BCUT2D eigenvalue weighted by atomic mass is 10.2. The Balaban J connectivity index is 1.99. The van der Waals surface area contributed by atoms with Gasteiger partial charge in [0.1, 0.15) is 5.03 Å². The van der Waals surface area contributed by atoms with Crippen molar-refractivity contribution in [2.75, 3.05) is 0 Å². The summed E-state index contributed by atoms with van der Waals surface area (Å²) >= 11 is 1.52. The van der Waals surface area contributed by atoms with Crippen LogP contribution in [-0.2, 0) is 7.05 Å². The molecule has 6 heteroatoms. The summed E-state index contributed by atoms with van der Waals surface area (Å²) in [7, 11) is 1.61. The summed E-state index contributed by atoms with van der Waals surface area (Å²) in [6.45, 7) is 2.05. The number of hydrogen-bond donors (Lipinski definition) is 0. The quantitative estimate of drug-likeness (QED) is 0.715. The van der Waals surface area contributed by atoms with Gasteiger partial charge in [0.25, 0.3) is 0 Å². The van der Waals surface area contributed by atoms with Crippen LogP contribution in [-0.4, -0.2) is 19.4 Å². The van der Waals surface area contributed by atoms with Gasteiger partial charge in [0.15, 0.2) is 5.65 Å². The molecule has 0 fully saturated rings. The van der Waals surface area contributed by atoms with Crippen molar-refractivity contribution < 1.29 is 0 Å². The van der Waals surface area contributed by atoms with Crippen LogP contribution in [0.2, 0.25) is 0 Å². The molecule has 96 valence electrons. The van der Waals surface area contributed by atoms with E-state index in [2.05, 4.69) is 22.3 Å². The molecule has 2 heterocycles. The van der Waals surface area contributed by atoms with Crippen LogP contribution < -0.4 is 5.69 Å². The molecule has 5 nitrogen and oxygen atoms in total. The molecule has 0 N–H and O–H groups in total. The van der Waals surface area contributed by atoms with Gasteiger partial charge < -0.3 is 0 Å². The standard InChI is InChI=1S/C13H12N4OS/c1-9-3-5-10(6-4-9)19-12-8-7-11-14-16(2)13(18)17(11)15-12/h3-8H,1-2H3. The molecule has 0 unspecified atom stereocenters. The topological polar surface area (TPSA) is 52.2 Å². The molecular weight excluding hydrogens is 260 g/mol. The SMILES string of the molecule is Cc1ccc(Sc2ccc3nn(C)c(=O)n3n2)cc1. The third-order valence-electron chi connectivity index (χ3n) is 2.74. The van der Waals surface area contributed by atoms with E-state index in [1.807, 2.05) is 25.1 Å². The van der Waals surface area contributed by atoms with Crippen LogP contribution in [0.15, 0.2) is 51.1 Å². The molecule has 1 aromatic carbocycles. The Morgan fingerprint density at radius 1 is 1.05 bits per heavy atom. The highest BCUT2D eigenvalue weighted by molar-refractivity contribution is 7.99. The van der Waals surface area contributed by atoms with Crippen molar-refractivity contribution in [3.05, 3.63) is 52.4 Å². The molecule has 19 heavy (non-hydrogen) atoms. The molecule has 3 rings (SSSR count). The number of nitrogens with zero attached hydrogens (tertiary/aromatic N) is 4. The zero-order valence-electron chi connectivity index (χ0n) is 10.6. The molecule has 3 aromatic rings. The molecule has 0 atom stereocenters. The molecular formula is C13H12N4OS. The molecule has 0 saturated heterocycles. The smallest absolute Gasteiger partial charge is 0.244 e. The minimum absolute atomic E-state index is 0.235. The number of rotatable bonds is 2. The zero-order chi connectivity index (χ0) is 13.4. The second kappa shape index (κ2) is 4.55. The van der Waals surface area contributed by atoms with Crippen molar-refractivity contribution in [1.82, 2.24) is 19.4 Å². The Hall–Kier alpha value is -2.08. The first kappa shape index (κ1) is 12.0. The molecule has 0 aliphatic rings. The highest BCUT2D eigenvalue weighted by Crippen LogP contribution is 2.25. The van der Waals surface area contributed by atoms with Gasteiger partial charge in [-0.1, -0.05) is 29.5 Å². The van der Waals surface area contributed by atoms with Crippen molar-refractivity contribution in [3.8, 4) is 0 Å². The summed E-state index contributed by atoms with van der Waals surface area (Å²) in [5, 5.41) is 9.13. The maximum Gasteiger partial charge on any atom is 0.366 e. The molecule has 0 saturated carbocycles. The van der Waals surface area contributed by atoms with Gasteiger partial charge in [-0.15, -0.1) is 5.10 Å². The van der Waals surface area contributed by atoms with Crippen LogP contribution in [0.5, 0.6) is 0 Å². The van der Waals surface area contributed by atoms with Gasteiger partial charge in [-0.2, -0.15) is 9.61 Å². The van der Waals surface area contributed by atoms with Gasteiger partial charge in [-0.25, -0.2) is 9.48 Å². The molecule has 0 aliphatic heterocycles. The second-order valence-electron chi connectivity index (χ2n) is 4.26. The number of aromatic nitrogens is 4. The average Bonchev–Trinajstić information content (AvgIpc) is 2.69. The second-order valence-corrected chi connectivity index (χ2v) is 5.36. The van der Waals surface area contributed by atoms with Crippen LogP contribution in [0.3, 0.4) is 0 Å². The minimum Gasteiger partial charge on any atom is -0.244 e. The van der Waals surface area contributed by atoms with Crippen molar-refractivity contribution in [2.45, 2.75) is 16.8 Å². The molecule has 0 spiro atoms. The number of benzene rings is 1. The first-order valence-electron chi connectivity index (χ1n) is 5.81. The van der Waals surface area contributed by atoms with Gasteiger partial charge in [0, 0.05) is 11.9 Å². The first-order valence-corrected chi connectivity index (χ1v) is 6.63. The summed E-state index contributed by atoms with van der Waals surface area (Å²) in [5.41, 5.74) is 1.54. The Labute approximate surface area is 113 Å². The van der Waals surface area contributed by atoms with E-state index in [1.165, 1.54) is 26.5 Å². The van der Waals surface area contributed by atoms with Gasteiger partial charge in [0.2, 0.25) is 0 Å². The molecule has 0 bridgehead atoms. The molecule has 0 amide bonds. The van der Waals surface area contributed by atoms with Gasteiger partial charge in [-0.05, 0) is 31.2 Å². The van der Waals surface area contributed by atoms with E-state index in [4.69, 9.17) is 0 Å². The van der Waals surface area contributed by atoms with Crippen molar-refractivity contribution >= 4 is 17.4 Å². The van der Waals surface area contributed by atoms with E-state index >= 15 is 0 Å². The Morgan fingerprint density at radius 3 is 2.53 bits per heavy atom. The lowest BCUT2D eigenvalue weighted by molar-refractivity contribution is 0.709. The van der Waals surface area contributed by atoms with E-state index in [0.717, 1.165) is 9.92 Å². The largest absolute Gasteiger partial charge is 0.366 e. The predicted molar refractivity (Wildman–Crippen MR) is 73.5 cm³/mol. The Kier molecular flexibility index (Phi) is 2.87. The molecule has 0 aliphatic carbocycles. The minimum atomic E-state index is -0.235. The lowest BCUT2D eigenvalue weighted by Crippen LogP contribution is -2.19. The summed E-state index contributed by atoms with van der Waals surface area (Å²) in [4.78, 5) is 12.9. The summed E-state index contributed by atoms with van der Waals surface area (Å²) < 4.78 is 2.60. The third kappa shape index (κ3) is 2.26. The van der Waals surface area contributed by atoms with Crippen LogP contribution in [0.1, 0.15) is 5.56 Å². The third-order valence-corrected chi connectivity index (χ3v) is 3.68. The number of fused-ring (bicyclic) bond motifs is 1. The van der Waals surface area contributed by atoms with Gasteiger partial charge >= 0.3 is 5.69 Å². The highest BCUT2D eigenvalue weighted by Gasteiger charge is 2.06. The number of aryl methyl sites for hydroxylation is 2. The van der Waals surface area contributed by atoms with Gasteiger partial charge in [0.05, 0.1) is 0 Å². The fraction of sp³-hybridized carbons (Fsp3) is 0.154. The van der Waals surface area contributed by atoms with E-state index in [-0.39, 0.29) is 5.69 Å². The predicted octanol–water partition coefficient (Wildman–Crippen LogP) is 1.89. The van der Waals surface area contributed by atoms with Crippen LogP contribution in [0.25, 0.3) is 5.65 Å². The summed E-state index contributed by atoms with van der Waals surface area (Å²) in [5.74, 6) is 0. The Bertz CT molecular complexity index is 789. The van der Waals surface area contributed by atoms with Crippen LogP contribution in [0.4, 0.5) is 0 Å². The number of hydrogen-bond acceptors (Lipinski definition) is 4. The monoisotopic (exact) mass is 272 g/mol. The zero-order valence-corrected chi connectivity index (χ0v) is 11.4. The van der Waals surface area contributed by atoms with Crippen LogP contribution in [0, 0.1) is 6.92 Å². The van der Waals surface area contributed by atoms with Crippen LogP contribution >= 0.6 is 11.8 Å². The van der Waals surface area contributed by atoms with Crippen molar-refractivity contribution in [2.24, 2.45) is 7.05 Å². The maximum atomic E-state index is 11.8. The van der Waals surface area contributed by atoms with E-state index in [0.29, 0.717) is 5.65 Å². The fourth-order valence-electron chi connectivity index (χ4n) is 1.73. The normalized spacial score (nSPS) is 11.1. The highest BCUT2D eigenvalue weighted by atomic mass is 32.2. The maximum absolute atomic E-state index is 11.8. The summed E-state index contributed by atoms with van der Waals surface area (Å²) in [6, 6.07) is 11.8. The fourth-order valence-corrected chi connectivity index (χ4v) is 2.50.